The van der Waals surface area contributed by atoms with Crippen LogP contribution in [-0.4, -0.2) is 27.1 Å². The van der Waals surface area contributed by atoms with E-state index < -0.39 is 0 Å². The molecule has 4 rings (SSSR count). The van der Waals surface area contributed by atoms with Crippen molar-refractivity contribution in [3.63, 3.8) is 0 Å². The number of hydrogen-bond donors (Lipinski definition) is 1. The largest absolute Gasteiger partial charge is 0.483 e. The first-order chi connectivity index (χ1) is 13.1. The number of aryl methyl sites for hydroxylation is 2. The predicted octanol–water partition coefficient (Wildman–Crippen LogP) is 4.09. The Morgan fingerprint density at radius 1 is 1.19 bits per heavy atom. The average Bonchev–Trinajstić information content (AvgIpc) is 3.21. The molecule has 0 fully saturated rings. The van der Waals surface area contributed by atoms with Crippen molar-refractivity contribution >= 4 is 28.2 Å². The molecule has 2 aromatic heterocycles. The van der Waals surface area contributed by atoms with Crippen molar-refractivity contribution in [1.29, 1.82) is 0 Å². The number of rotatable bonds is 5. The molecule has 1 amide bonds. The van der Waals surface area contributed by atoms with Crippen LogP contribution in [0.1, 0.15) is 11.1 Å². The van der Waals surface area contributed by atoms with Crippen LogP contribution in [-0.2, 0) is 4.79 Å². The van der Waals surface area contributed by atoms with Crippen molar-refractivity contribution in [3.05, 3.63) is 65.0 Å². The minimum atomic E-state index is -0.297. The third kappa shape index (κ3) is 3.68. The molecular weight excluding hydrogens is 360 g/mol. The van der Waals surface area contributed by atoms with Gasteiger partial charge in [0.1, 0.15) is 5.75 Å². The van der Waals surface area contributed by atoms with E-state index in [9.17, 15) is 4.79 Å². The molecule has 0 atom stereocenters. The fourth-order valence-corrected chi connectivity index (χ4v) is 3.64. The molecule has 0 radical (unpaired) electrons. The number of benzene rings is 2. The van der Waals surface area contributed by atoms with Crippen LogP contribution in [0.4, 0.5) is 5.95 Å². The molecule has 0 saturated heterocycles. The Balaban J connectivity index is 1.45. The molecule has 4 aromatic rings. The summed E-state index contributed by atoms with van der Waals surface area (Å²) in [5.41, 5.74) is 4.14. The van der Waals surface area contributed by atoms with Crippen LogP contribution < -0.4 is 10.1 Å². The van der Waals surface area contributed by atoms with Gasteiger partial charge in [-0.15, -0.1) is 16.4 Å². The number of nitrogens with zero attached hydrogens (tertiary/aromatic N) is 3. The molecule has 2 heterocycles. The van der Waals surface area contributed by atoms with E-state index in [4.69, 9.17) is 4.74 Å². The Bertz CT molecular complexity index is 1100. The molecule has 0 spiro atoms. The lowest BCUT2D eigenvalue weighted by molar-refractivity contribution is -0.118. The second-order valence-corrected chi connectivity index (χ2v) is 7.06. The molecule has 6 nitrogen and oxygen atoms in total. The van der Waals surface area contributed by atoms with Crippen LogP contribution in [0.15, 0.2) is 53.9 Å². The number of ether oxygens (including phenoxy) is 1. The number of anilines is 1. The van der Waals surface area contributed by atoms with Gasteiger partial charge in [-0.3, -0.25) is 10.1 Å². The van der Waals surface area contributed by atoms with Crippen molar-refractivity contribution in [2.24, 2.45) is 0 Å². The van der Waals surface area contributed by atoms with E-state index in [1.807, 2.05) is 67.8 Å². The van der Waals surface area contributed by atoms with Crippen LogP contribution in [0, 0.1) is 13.8 Å². The van der Waals surface area contributed by atoms with Gasteiger partial charge >= 0.3 is 0 Å². The maximum absolute atomic E-state index is 12.2. The molecule has 0 aliphatic carbocycles. The van der Waals surface area contributed by atoms with Crippen molar-refractivity contribution in [3.8, 4) is 17.0 Å². The summed E-state index contributed by atoms with van der Waals surface area (Å²) in [4.78, 5) is 17.3. The lowest BCUT2D eigenvalue weighted by Gasteiger charge is -2.09. The highest BCUT2D eigenvalue weighted by Crippen LogP contribution is 2.25. The summed E-state index contributed by atoms with van der Waals surface area (Å²) in [6, 6.07) is 15.8. The van der Waals surface area contributed by atoms with E-state index in [1.165, 1.54) is 11.3 Å². The van der Waals surface area contributed by atoms with Gasteiger partial charge in [0.2, 0.25) is 4.96 Å². The van der Waals surface area contributed by atoms with Gasteiger partial charge in [0, 0.05) is 10.9 Å². The van der Waals surface area contributed by atoms with Crippen LogP contribution in [0.2, 0.25) is 0 Å². The molecule has 0 aliphatic rings. The van der Waals surface area contributed by atoms with Gasteiger partial charge in [-0.1, -0.05) is 48.0 Å². The Morgan fingerprint density at radius 3 is 2.78 bits per heavy atom. The fraction of sp³-hybridized carbons (Fsp3) is 0.150. The Hall–Kier alpha value is -3.19. The zero-order chi connectivity index (χ0) is 18.8. The minimum Gasteiger partial charge on any atom is -0.483 e. The second kappa shape index (κ2) is 7.20. The molecule has 1 N–H and O–H groups in total. The zero-order valence-corrected chi connectivity index (χ0v) is 15.8. The van der Waals surface area contributed by atoms with Gasteiger partial charge in [-0.25, -0.2) is 4.52 Å². The van der Waals surface area contributed by atoms with Crippen LogP contribution in [0.5, 0.6) is 5.75 Å². The molecule has 0 unspecified atom stereocenters. The quantitative estimate of drug-likeness (QED) is 0.568. The standard InChI is InChI=1S/C20H18N4O2S/c1-13-8-9-17(14(2)10-13)26-11-18(25)21-19-22-20-24(23-19)16(12-27-20)15-6-4-3-5-7-15/h3-10,12H,11H2,1-2H3,(H,21,23,25). The van der Waals surface area contributed by atoms with Crippen molar-refractivity contribution in [1.82, 2.24) is 14.6 Å². The average molecular weight is 378 g/mol. The van der Waals surface area contributed by atoms with Crippen molar-refractivity contribution in [2.45, 2.75) is 13.8 Å². The Morgan fingerprint density at radius 2 is 2.00 bits per heavy atom. The van der Waals surface area contributed by atoms with E-state index in [0.29, 0.717) is 5.75 Å². The minimum absolute atomic E-state index is 0.0949. The lowest BCUT2D eigenvalue weighted by Crippen LogP contribution is -2.21. The molecule has 2 aromatic carbocycles. The summed E-state index contributed by atoms with van der Waals surface area (Å²) in [5, 5.41) is 9.10. The number of carbonyl (C=O) groups excluding carboxylic acids is 1. The number of aromatic nitrogens is 3. The number of amides is 1. The van der Waals surface area contributed by atoms with Crippen LogP contribution in [0.3, 0.4) is 0 Å². The summed E-state index contributed by atoms with van der Waals surface area (Å²) < 4.78 is 7.34. The number of carbonyl (C=O) groups is 1. The maximum Gasteiger partial charge on any atom is 0.264 e. The van der Waals surface area contributed by atoms with Crippen LogP contribution >= 0.6 is 11.3 Å². The zero-order valence-electron chi connectivity index (χ0n) is 15.0. The molecule has 0 saturated carbocycles. The first kappa shape index (κ1) is 17.2. The van der Waals surface area contributed by atoms with Gasteiger partial charge in [-0.05, 0) is 25.5 Å². The predicted molar refractivity (Wildman–Crippen MR) is 106 cm³/mol. The lowest BCUT2D eigenvalue weighted by atomic mass is 10.1. The third-order valence-electron chi connectivity index (χ3n) is 4.09. The molecule has 7 heteroatoms. The summed E-state index contributed by atoms with van der Waals surface area (Å²) in [7, 11) is 0. The summed E-state index contributed by atoms with van der Waals surface area (Å²) >= 11 is 1.48. The Kier molecular flexibility index (Phi) is 4.60. The van der Waals surface area contributed by atoms with Gasteiger partial charge in [0.15, 0.2) is 6.61 Å². The van der Waals surface area contributed by atoms with Gasteiger partial charge < -0.3 is 4.74 Å². The number of thiazole rings is 1. The van der Waals surface area contributed by atoms with Crippen molar-refractivity contribution in [2.75, 3.05) is 11.9 Å². The molecule has 136 valence electrons. The SMILES string of the molecule is Cc1ccc(OCC(=O)Nc2nc3scc(-c4ccccc4)n3n2)c(C)c1. The first-order valence-electron chi connectivity index (χ1n) is 8.50. The summed E-state index contributed by atoms with van der Waals surface area (Å²) in [5.74, 6) is 0.670. The van der Waals surface area contributed by atoms with Gasteiger partial charge in [-0.2, -0.15) is 4.98 Å². The van der Waals surface area contributed by atoms with E-state index in [1.54, 1.807) is 4.52 Å². The molecular formula is C20H18N4O2S. The molecule has 0 bridgehead atoms. The van der Waals surface area contributed by atoms with Gasteiger partial charge in [0.25, 0.3) is 11.9 Å². The fourth-order valence-electron chi connectivity index (χ4n) is 2.81. The highest BCUT2D eigenvalue weighted by Gasteiger charge is 2.13. The smallest absolute Gasteiger partial charge is 0.264 e. The summed E-state index contributed by atoms with van der Waals surface area (Å²) in [6.07, 6.45) is 0. The highest BCUT2D eigenvalue weighted by atomic mass is 32.1. The number of fused-ring (bicyclic) bond motifs is 1. The van der Waals surface area contributed by atoms with E-state index >= 15 is 0 Å². The van der Waals surface area contributed by atoms with E-state index in [0.717, 1.165) is 27.3 Å². The summed E-state index contributed by atoms with van der Waals surface area (Å²) in [6.45, 7) is 3.88. The maximum atomic E-state index is 12.2. The Labute approximate surface area is 160 Å². The van der Waals surface area contributed by atoms with E-state index in [2.05, 4.69) is 15.4 Å². The van der Waals surface area contributed by atoms with E-state index in [-0.39, 0.29) is 18.5 Å². The normalized spacial score (nSPS) is 10.9. The molecule has 27 heavy (non-hydrogen) atoms. The molecule has 0 aliphatic heterocycles. The third-order valence-corrected chi connectivity index (χ3v) is 4.91. The number of hydrogen-bond acceptors (Lipinski definition) is 5. The topological polar surface area (TPSA) is 68.5 Å². The van der Waals surface area contributed by atoms with Gasteiger partial charge in [0.05, 0.1) is 5.69 Å². The monoisotopic (exact) mass is 378 g/mol. The second-order valence-electron chi connectivity index (χ2n) is 6.22. The number of nitrogens with one attached hydrogen (secondary N) is 1. The van der Waals surface area contributed by atoms with Crippen molar-refractivity contribution < 1.29 is 9.53 Å². The van der Waals surface area contributed by atoms with Crippen LogP contribution in [0.25, 0.3) is 16.2 Å². The first-order valence-corrected chi connectivity index (χ1v) is 9.38. The highest BCUT2D eigenvalue weighted by molar-refractivity contribution is 7.15.